The zero-order valence-electron chi connectivity index (χ0n) is 31.6. The summed E-state index contributed by atoms with van der Waals surface area (Å²) in [6.45, 7) is 8.83. The summed E-state index contributed by atoms with van der Waals surface area (Å²) in [5.41, 5.74) is 14.2. The van der Waals surface area contributed by atoms with E-state index in [1.54, 1.807) is 0 Å². The summed E-state index contributed by atoms with van der Waals surface area (Å²) in [5.74, 6) is 6.50. The van der Waals surface area contributed by atoms with E-state index < -0.39 is 10.4 Å². The van der Waals surface area contributed by atoms with Crippen LogP contribution in [0.25, 0.3) is 33.3 Å². The van der Waals surface area contributed by atoms with Gasteiger partial charge in [-0.15, -0.1) is 0 Å². The monoisotopic (exact) mass is 755 g/mol. The fourth-order valence-electron chi connectivity index (χ4n) is 5.77. The quantitative estimate of drug-likeness (QED) is 0.0449. The molecule has 0 radical (unpaired) electrons. The van der Waals surface area contributed by atoms with Crippen molar-refractivity contribution in [2.24, 2.45) is 5.84 Å². The number of fused-ring (bicyclic) bond motifs is 1. The smallest absolute Gasteiger partial charge is 0.354 e. The van der Waals surface area contributed by atoms with Gasteiger partial charge in [0.05, 0.1) is 5.69 Å². The molecule has 0 aliphatic rings. The van der Waals surface area contributed by atoms with Gasteiger partial charge in [0.25, 0.3) is 0 Å². The molecule has 284 valence electrons. The van der Waals surface area contributed by atoms with Crippen molar-refractivity contribution in [1.82, 2.24) is 4.98 Å². The van der Waals surface area contributed by atoms with Crippen molar-refractivity contribution < 1.29 is 22.3 Å². The topological polar surface area (TPSA) is 146 Å². The number of nitrogen functional groups attached to an aromatic ring is 1. The minimum absolute atomic E-state index is 0.168. The average molecular weight is 756 g/mol. The van der Waals surface area contributed by atoms with E-state index in [2.05, 4.69) is 129 Å². The van der Waals surface area contributed by atoms with Gasteiger partial charge in [0.1, 0.15) is 0 Å². The van der Waals surface area contributed by atoms with Crippen LogP contribution in [-0.2, 0) is 16.8 Å². The lowest BCUT2D eigenvalue weighted by Gasteiger charge is -2.08. The van der Waals surface area contributed by atoms with Gasteiger partial charge in [-0.3, -0.25) is 19.7 Å². The molecule has 0 aliphatic heterocycles. The summed E-state index contributed by atoms with van der Waals surface area (Å²) in [5, 5.41) is 1.30. The van der Waals surface area contributed by atoms with Crippen LogP contribution >= 0.6 is 0 Å². The van der Waals surface area contributed by atoms with Crippen LogP contribution in [0.2, 0.25) is 0 Å². The molecule has 0 saturated heterocycles. The third-order valence-electron chi connectivity index (χ3n) is 8.66. The molecule has 1 aromatic heterocycles. The van der Waals surface area contributed by atoms with Crippen LogP contribution in [0.1, 0.15) is 66.6 Å². The van der Waals surface area contributed by atoms with Crippen LogP contribution in [-0.4, -0.2) is 28.3 Å². The third-order valence-corrected chi connectivity index (χ3v) is 8.66. The van der Waals surface area contributed by atoms with Gasteiger partial charge in [-0.05, 0) is 63.9 Å². The highest BCUT2D eigenvalue weighted by molar-refractivity contribution is 7.79. The molecule has 7 aromatic rings. The Morgan fingerprint density at radius 2 is 1.09 bits per heavy atom. The fraction of sp³-hybridized carbons (Fsp3) is 0.152. The molecule has 9 heteroatoms. The molecule has 0 amide bonds. The lowest BCUT2D eigenvalue weighted by atomic mass is 9.95. The van der Waals surface area contributed by atoms with Crippen molar-refractivity contribution in [3.8, 4) is 22.4 Å². The van der Waals surface area contributed by atoms with Crippen LogP contribution < -0.4 is 11.3 Å². The van der Waals surface area contributed by atoms with E-state index in [1.165, 1.54) is 44.4 Å². The van der Waals surface area contributed by atoms with Crippen LogP contribution in [0.5, 0.6) is 0 Å². The third kappa shape index (κ3) is 13.5. The molecule has 7 rings (SSSR count). The fourth-order valence-corrected chi connectivity index (χ4v) is 5.77. The summed E-state index contributed by atoms with van der Waals surface area (Å²) in [6.07, 6.45) is 0.477. The van der Waals surface area contributed by atoms with Crippen molar-refractivity contribution in [3.63, 3.8) is 0 Å². The van der Waals surface area contributed by atoms with Crippen LogP contribution in [0.4, 0.5) is 5.69 Å². The van der Waals surface area contributed by atoms with E-state index in [-0.39, 0.29) is 5.78 Å². The first kappa shape index (κ1) is 41.9. The van der Waals surface area contributed by atoms with E-state index in [0.29, 0.717) is 18.3 Å². The molecule has 0 unspecified atom stereocenters. The number of hydrogen-bond donors (Lipinski definition) is 5. The second kappa shape index (κ2) is 20.6. The Morgan fingerprint density at radius 3 is 1.58 bits per heavy atom. The summed E-state index contributed by atoms with van der Waals surface area (Å²) in [7, 11) is -4.67. The van der Waals surface area contributed by atoms with Crippen molar-refractivity contribution in [1.29, 1.82) is 0 Å². The largest absolute Gasteiger partial charge is 0.394 e. The Labute approximate surface area is 324 Å². The molecule has 1 heterocycles. The Kier molecular flexibility index (Phi) is 15.7. The minimum Gasteiger partial charge on any atom is -0.354 e. The van der Waals surface area contributed by atoms with E-state index in [9.17, 15) is 4.79 Å². The zero-order valence-corrected chi connectivity index (χ0v) is 32.4. The first-order valence-electron chi connectivity index (χ1n) is 18.0. The Bertz CT molecular complexity index is 2300. The predicted molar refractivity (Wildman–Crippen MR) is 227 cm³/mol. The van der Waals surface area contributed by atoms with Crippen molar-refractivity contribution in [3.05, 3.63) is 186 Å². The lowest BCUT2D eigenvalue weighted by Crippen LogP contribution is -2.06. The Morgan fingerprint density at radius 1 is 0.636 bits per heavy atom. The second-order valence-corrected chi connectivity index (χ2v) is 14.3. The molecule has 0 atom stereocenters. The molecule has 0 aliphatic carbocycles. The molecular formula is C46H49N3O5S. The van der Waals surface area contributed by atoms with Crippen molar-refractivity contribution >= 4 is 32.8 Å². The average Bonchev–Trinajstić information content (AvgIpc) is 3.58. The number of carbonyl (C=O) groups excluding carboxylic acids is 1. The van der Waals surface area contributed by atoms with Crippen molar-refractivity contribution in [2.75, 3.05) is 5.43 Å². The number of hydrogen-bond acceptors (Lipinski definition) is 5. The highest BCUT2D eigenvalue weighted by atomic mass is 32.3. The van der Waals surface area contributed by atoms with Crippen molar-refractivity contribution in [2.45, 2.75) is 46.0 Å². The van der Waals surface area contributed by atoms with Gasteiger partial charge in [-0.1, -0.05) is 167 Å². The minimum atomic E-state index is -4.67. The highest BCUT2D eigenvalue weighted by Crippen LogP contribution is 2.39. The zero-order chi connectivity index (χ0) is 39.8. The molecule has 0 bridgehead atoms. The van der Waals surface area contributed by atoms with Gasteiger partial charge in [0.15, 0.2) is 5.78 Å². The Hall–Kier alpha value is -5.84. The number of nitrogens with one attached hydrogen (secondary N) is 2. The number of aromatic nitrogens is 1. The van der Waals surface area contributed by atoms with Crippen LogP contribution in [0.15, 0.2) is 164 Å². The van der Waals surface area contributed by atoms with E-state index in [1.807, 2.05) is 72.8 Å². The number of carbonyl (C=O) groups is 1. The SMILES string of the molecule is CC(C)c1ccc(NN)cc1.CC(C)c1ccc2[nH]c(-c3ccccc3)c(-c3ccccc3)c2c1.O=C(Cc1ccccc1)c1ccccc1.O=S(=O)(O)O. The second-order valence-electron chi connectivity index (χ2n) is 13.4. The first-order chi connectivity index (χ1) is 26.3. The number of Topliss-reactive ketones (excluding diaryl/α,β-unsaturated/α-hetero) is 1. The van der Waals surface area contributed by atoms with Crippen LogP contribution in [0, 0.1) is 0 Å². The van der Waals surface area contributed by atoms with Gasteiger partial charge in [-0.2, -0.15) is 8.42 Å². The number of hydrazine groups is 1. The highest BCUT2D eigenvalue weighted by Gasteiger charge is 2.16. The van der Waals surface area contributed by atoms with E-state index in [4.69, 9.17) is 23.4 Å². The Balaban J connectivity index is 0.000000186. The molecule has 0 spiro atoms. The number of H-pyrrole nitrogens is 1. The van der Waals surface area contributed by atoms with Gasteiger partial charge >= 0.3 is 10.4 Å². The summed E-state index contributed by atoms with van der Waals surface area (Å²) in [4.78, 5) is 15.5. The molecular weight excluding hydrogens is 707 g/mol. The molecule has 6 aromatic carbocycles. The van der Waals surface area contributed by atoms with Gasteiger partial charge in [-0.25, -0.2) is 0 Å². The number of anilines is 1. The van der Waals surface area contributed by atoms with Gasteiger partial charge in [0, 0.05) is 34.1 Å². The number of ketones is 1. The number of nitrogens with two attached hydrogens (primary N) is 1. The maximum atomic E-state index is 11.8. The standard InChI is InChI=1S/C23H21N.C14H12O.C9H14N2.H2O4S/c1-16(2)19-13-14-21-20(15-19)22(17-9-5-3-6-10-17)23(24-21)18-11-7-4-8-12-18;15-14(13-9-5-2-6-10-13)11-12-7-3-1-4-8-12;1-7(2)8-3-5-9(11-10)6-4-8;1-5(2,3)4/h3-16,24H,1-2H3;1-10H,11H2;3-7,11H,10H2,1-2H3;(H2,1,2,3,4). The molecule has 6 N–H and O–H groups in total. The molecule has 0 fully saturated rings. The lowest BCUT2D eigenvalue weighted by molar-refractivity contribution is 0.0993. The van der Waals surface area contributed by atoms with E-state index in [0.717, 1.165) is 16.8 Å². The number of benzene rings is 6. The maximum absolute atomic E-state index is 11.8. The molecule has 8 nitrogen and oxygen atoms in total. The summed E-state index contributed by atoms with van der Waals surface area (Å²) in [6, 6.07) is 55.4. The normalized spacial score (nSPS) is 10.7. The maximum Gasteiger partial charge on any atom is 0.394 e. The summed E-state index contributed by atoms with van der Waals surface area (Å²) < 4.78 is 31.6. The molecule has 55 heavy (non-hydrogen) atoms. The van der Waals surface area contributed by atoms with E-state index >= 15 is 0 Å². The summed E-state index contributed by atoms with van der Waals surface area (Å²) >= 11 is 0. The van der Waals surface area contributed by atoms with Gasteiger partial charge < -0.3 is 10.4 Å². The number of aromatic amines is 1. The first-order valence-corrected chi connectivity index (χ1v) is 19.4. The molecule has 0 saturated carbocycles. The predicted octanol–water partition coefficient (Wildman–Crippen LogP) is 11.2. The number of rotatable bonds is 8. The van der Waals surface area contributed by atoms with Crippen LogP contribution in [0.3, 0.4) is 0 Å². The van der Waals surface area contributed by atoms with Gasteiger partial charge in [0.2, 0.25) is 0 Å².